The average molecular weight is 191 g/mol. The highest BCUT2D eigenvalue weighted by atomic mass is 19.1. The fraction of sp³-hybridized carbons (Fsp3) is 0.182. The molecule has 0 saturated carbocycles. The SMILES string of the molecule is COc1cccc2ccc(CF)nc12. The van der Waals surface area contributed by atoms with Crippen LogP contribution in [0.15, 0.2) is 30.3 Å². The average Bonchev–Trinajstić information content (AvgIpc) is 2.27. The second-order valence-electron chi connectivity index (χ2n) is 2.97. The number of fused-ring (bicyclic) bond motifs is 1. The van der Waals surface area contributed by atoms with Crippen molar-refractivity contribution in [1.29, 1.82) is 0 Å². The number of para-hydroxylation sites is 1. The molecule has 0 radical (unpaired) electrons. The summed E-state index contributed by atoms with van der Waals surface area (Å²) < 4.78 is 17.5. The predicted molar refractivity (Wildman–Crippen MR) is 53.1 cm³/mol. The van der Waals surface area contributed by atoms with E-state index in [4.69, 9.17) is 4.74 Å². The molecule has 2 aromatic rings. The molecule has 0 aliphatic carbocycles. The topological polar surface area (TPSA) is 22.1 Å². The summed E-state index contributed by atoms with van der Waals surface area (Å²) in [7, 11) is 1.58. The normalized spacial score (nSPS) is 10.4. The molecule has 0 aliphatic rings. The van der Waals surface area contributed by atoms with E-state index >= 15 is 0 Å². The van der Waals surface area contributed by atoms with Gasteiger partial charge in [0, 0.05) is 5.39 Å². The van der Waals surface area contributed by atoms with Gasteiger partial charge in [-0.1, -0.05) is 18.2 Å². The van der Waals surface area contributed by atoms with Gasteiger partial charge in [0.25, 0.3) is 0 Å². The number of nitrogens with zero attached hydrogens (tertiary/aromatic N) is 1. The van der Waals surface area contributed by atoms with Crippen molar-refractivity contribution in [3.8, 4) is 5.75 Å². The Morgan fingerprint density at radius 2 is 2.14 bits per heavy atom. The smallest absolute Gasteiger partial charge is 0.145 e. The summed E-state index contributed by atoms with van der Waals surface area (Å²) in [5.41, 5.74) is 1.15. The van der Waals surface area contributed by atoms with Crippen molar-refractivity contribution >= 4 is 10.9 Å². The van der Waals surface area contributed by atoms with E-state index in [1.165, 1.54) is 0 Å². The van der Waals surface area contributed by atoms with Crippen LogP contribution in [0, 0.1) is 0 Å². The number of ether oxygens (including phenoxy) is 1. The fourth-order valence-corrected chi connectivity index (χ4v) is 1.40. The van der Waals surface area contributed by atoms with Crippen molar-refractivity contribution < 1.29 is 9.13 Å². The molecule has 0 fully saturated rings. The number of benzene rings is 1. The molecule has 2 nitrogen and oxygen atoms in total. The maximum Gasteiger partial charge on any atom is 0.145 e. The van der Waals surface area contributed by atoms with Crippen molar-refractivity contribution in [2.45, 2.75) is 6.67 Å². The molecular formula is C11H10FNO. The minimum atomic E-state index is -0.548. The van der Waals surface area contributed by atoms with Crippen LogP contribution in [0.4, 0.5) is 4.39 Å². The Hall–Kier alpha value is -1.64. The first-order valence-corrected chi connectivity index (χ1v) is 4.34. The lowest BCUT2D eigenvalue weighted by Gasteiger charge is -2.04. The summed E-state index contributed by atoms with van der Waals surface area (Å²) >= 11 is 0. The molecular weight excluding hydrogens is 181 g/mol. The van der Waals surface area contributed by atoms with Crippen LogP contribution in [0.3, 0.4) is 0 Å². The second-order valence-corrected chi connectivity index (χ2v) is 2.97. The van der Waals surface area contributed by atoms with Gasteiger partial charge in [-0.15, -0.1) is 0 Å². The molecule has 0 spiro atoms. The maximum absolute atomic E-state index is 12.4. The molecule has 0 amide bonds. The highest BCUT2D eigenvalue weighted by molar-refractivity contribution is 5.84. The third-order valence-electron chi connectivity index (χ3n) is 2.10. The number of hydrogen-bond donors (Lipinski definition) is 0. The monoisotopic (exact) mass is 191 g/mol. The van der Waals surface area contributed by atoms with Gasteiger partial charge >= 0.3 is 0 Å². The van der Waals surface area contributed by atoms with Gasteiger partial charge < -0.3 is 4.74 Å². The molecule has 0 N–H and O–H groups in total. The lowest BCUT2D eigenvalue weighted by molar-refractivity contribution is 0.418. The molecule has 1 aromatic carbocycles. The summed E-state index contributed by atoms with van der Waals surface area (Å²) in [6.45, 7) is -0.548. The number of aromatic nitrogens is 1. The van der Waals surface area contributed by atoms with E-state index < -0.39 is 6.67 Å². The Kier molecular flexibility index (Phi) is 2.31. The van der Waals surface area contributed by atoms with Crippen molar-refractivity contribution in [3.63, 3.8) is 0 Å². The van der Waals surface area contributed by atoms with Crippen molar-refractivity contribution in [2.75, 3.05) is 7.11 Å². The maximum atomic E-state index is 12.4. The van der Waals surface area contributed by atoms with Crippen LogP contribution < -0.4 is 4.74 Å². The molecule has 0 atom stereocenters. The zero-order valence-corrected chi connectivity index (χ0v) is 7.83. The molecule has 2 rings (SSSR count). The van der Waals surface area contributed by atoms with Crippen LogP contribution in [-0.4, -0.2) is 12.1 Å². The molecule has 1 heterocycles. The Balaban J connectivity index is 2.70. The zero-order chi connectivity index (χ0) is 9.97. The van der Waals surface area contributed by atoms with Crippen LogP contribution in [0.2, 0.25) is 0 Å². The fourth-order valence-electron chi connectivity index (χ4n) is 1.40. The zero-order valence-electron chi connectivity index (χ0n) is 7.83. The van der Waals surface area contributed by atoms with Gasteiger partial charge in [-0.25, -0.2) is 9.37 Å². The molecule has 3 heteroatoms. The molecule has 0 aliphatic heterocycles. The third kappa shape index (κ3) is 1.41. The summed E-state index contributed by atoms with van der Waals surface area (Å²) in [4.78, 5) is 4.16. The summed E-state index contributed by atoms with van der Waals surface area (Å²) in [5, 5.41) is 0.960. The minimum Gasteiger partial charge on any atom is -0.494 e. The molecule has 14 heavy (non-hydrogen) atoms. The van der Waals surface area contributed by atoms with Crippen LogP contribution in [0.25, 0.3) is 10.9 Å². The third-order valence-corrected chi connectivity index (χ3v) is 2.10. The molecule has 0 bridgehead atoms. The highest BCUT2D eigenvalue weighted by Crippen LogP contribution is 2.23. The molecule has 0 unspecified atom stereocenters. The van der Waals surface area contributed by atoms with E-state index in [1.54, 1.807) is 13.2 Å². The van der Waals surface area contributed by atoms with Gasteiger partial charge in [-0.05, 0) is 12.1 Å². The number of halogens is 1. The van der Waals surface area contributed by atoms with Gasteiger partial charge in [0.2, 0.25) is 0 Å². The Morgan fingerprint density at radius 3 is 2.86 bits per heavy atom. The van der Waals surface area contributed by atoms with Crippen LogP contribution in [0.1, 0.15) is 5.69 Å². The Labute approximate surface area is 81.3 Å². The first-order chi connectivity index (χ1) is 6.85. The van der Waals surface area contributed by atoms with Crippen LogP contribution in [0.5, 0.6) is 5.75 Å². The number of alkyl halides is 1. The minimum absolute atomic E-state index is 0.432. The molecule has 0 saturated heterocycles. The van der Waals surface area contributed by atoms with Gasteiger partial charge in [-0.2, -0.15) is 0 Å². The standard InChI is InChI=1S/C11H10FNO/c1-14-10-4-2-3-8-5-6-9(7-12)13-11(8)10/h2-6H,7H2,1H3. The Bertz CT molecular complexity index is 456. The number of hydrogen-bond acceptors (Lipinski definition) is 2. The van der Waals surface area contributed by atoms with Crippen molar-refractivity contribution in [2.24, 2.45) is 0 Å². The predicted octanol–water partition coefficient (Wildman–Crippen LogP) is 2.71. The summed E-state index contributed by atoms with van der Waals surface area (Å²) in [5.74, 6) is 0.679. The van der Waals surface area contributed by atoms with E-state index in [0.29, 0.717) is 17.0 Å². The van der Waals surface area contributed by atoms with Gasteiger partial charge in [0.1, 0.15) is 17.9 Å². The van der Waals surface area contributed by atoms with Crippen LogP contribution in [-0.2, 0) is 6.67 Å². The van der Waals surface area contributed by atoms with E-state index in [9.17, 15) is 4.39 Å². The summed E-state index contributed by atoms with van der Waals surface area (Å²) in [6.07, 6.45) is 0. The Morgan fingerprint density at radius 1 is 1.29 bits per heavy atom. The second kappa shape index (κ2) is 3.62. The van der Waals surface area contributed by atoms with Gasteiger partial charge in [-0.3, -0.25) is 0 Å². The van der Waals surface area contributed by atoms with Crippen molar-refractivity contribution in [3.05, 3.63) is 36.0 Å². The van der Waals surface area contributed by atoms with Crippen molar-refractivity contribution in [1.82, 2.24) is 4.98 Å². The van der Waals surface area contributed by atoms with E-state index in [2.05, 4.69) is 4.98 Å². The van der Waals surface area contributed by atoms with E-state index in [-0.39, 0.29) is 0 Å². The molecule has 72 valence electrons. The lowest BCUT2D eigenvalue weighted by Crippen LogP contribution is -1.90. The van der Waals surface area contributed by atoms with E-state index in [1.807, 2.05) is 24.3 Å². The van der Waals surface area contributed by atoms with Gasteiger partial charge in [0.15, 0.2) is 0 Å². The van der Waals surface area contributed by atoms with Gasteiger partial charge in [0.05, 0.1) is 12.8 Å². The lowest BCUT2D eigenvalue weighted by atomic mass is 10.2. The van der Waals surface area contributed by atoms with Crippen LogP contribution >= 0.6 is 0 Å². The first-order valence-electron chi connectivity index (χ1n) is 4.34. The highest BCUT2D eigenvalue weighted by Gasteiger charge is 2.03. The quantitative estimate of drug-likeness (QED) is 0.728. The number of methoxy groups -OCH3 is 1. The number of rotatable bonds is 2. The molecule has 1 aromatic heterocycles. The van der Waals surface area contributed by atoms with E-state index in [0.717, 1.165) is 5.39 Å². The first kappa shape index (κ1) is 8.94. The largest absolute Gasteiger partial charge is 0.494 e. The summed E-state index contributed by atoms with van der Waals surface area (Å²) in [6, 6.07) is 9.16. The number of pyridine rings is 1.